The lowest BCUT2D eigenvalue weighted by atomic mass is 9.88. The van der Waals surface area contributed by atoms with Crippen LogP contribution in [-0.2, 0) is 9.53 Å². The van der Waals surface area contributed by atoms with Crippen LogP contribution in [0.4, 0.5) is 4.79 Å². The third-order valence-corrected chi connectivity index (χ3v) is 1.70. The van der Waals surface area contributed by atoms with E-state index in [1.54, 1.807) is 20.8 Å². The van der Waals surface area contributed by atoms with E-state index < -0.39 is 17.7 Å². The van der Waals surface area contributed by atoms with Crippen LogP contribution in [0.1, 0.15) is 48.0 Å². The van der Waals surface area contributed by atoms with Gasteiger partial charge in [0.05, 0.1) is 6.04 Å². The Balaban J connectivity index is 4.24. The molecule has 94 valence electrons. The van der Waals surface area contributed by atoms with Gasteiger partial charge in [-0.3, -0.25) is 0 Å². The second-order valence-electron chi connectivity index (χ2n) is 6.15. The molecule has 4 heteroatoms. The summed E-state index contributed by atoms with van der Waals surface area (Å²) in [4.78, 5) is 22.2. The lowest BCUT2D eigenvalue weighted by molar-refractivity contribution is -0.110. The molecule has 0 aliphatic carbocycles. The molecule has 0 heterocycles. The Hall–Kier alpha value is -1.06. The van der Waals surface area contributed by atoms with Gasteiger partial charge >= 0.3 is 6.09 Å². The predicted molar refractivity (Wildman–Crippen MR) is 63.3 cm³/mol. The highest BCUT2D eigenvalue weighted by Crippen LogP contribution is 2.20. The third kappa shape index (κ3) is 8.26. The third-order valence-electron chi connectivity index (χ3n) is 1.70. The van der Waals surface area contributed by atoms with Gasteiger partial charge in [0.15, 0.2) is 0 Å². The number of hydrogen-bond acceptors (Lipinski definition) is 3. The summed E-state index contributed by atoms with van der Waals surface area (Å²) in [5, 5.41) is 2.55. The van der Waals surface area contributed by atoms with E-state index in [1.165, 1.54) is 0 Å². The number of ether oxygens (including phenoxy) is 1. The summed E-state index contributed by atoms with van der Waals surface area (Å²) in [5.74, 6) is 0. The van der Waals surface area contributed by atoms with Crippen LogP contribution in [0.15, 0.2) is 0 Å². The number of nitrogens with one attached hydrogen (secondary N) is 1. The summed E-state index contributed by atoms with van der Waals surface area (Å²) >= 11 is 0. The van der Waals surface area contributed by atoms with Crippen molar-refractivity contribution in [2.24, 2.45) is 5.41 Å². The zero-order chi connectivity index (χ0) is 13.0. The molecule has 1 amide bonds. The van der Waals surface area contributed by atoms with E-state index in [9.17, 15) is 9.59 Å². The van der Waals surface area contributed by atoms with E-state index in [2.05, 4.69) is 5.32 Å². The molecule has 0 bridgehead atoms. The van der Waals surface area contributed by atoms with E-state index in [0.717, 1.165) is 6.29 Å². The fraction of sp³-hybridized carbons (Fsp3) is 0.833. The number of amides is 1. The molecule has 1 atom stereocenters. The second-order valence-corrected chi connectivity index (χ2v) is 6.15. The minimum Gasteiger partial charge on any atom is -0.444 e. The Morgan fingerprint density at radius 1 is 1.25 bits per heavy atom. The van der Waals surface area contributed by atoms with Crippen molar-refractivity contribution in [2.45, 2.75) is 59.6 Å². The summed E-state index contributed by atoms with van der Waals surface area (Å²) in [6, 6.07) is -0.491. The van der Waals surface area contributed by atoms with Crippen molar-refractivity contribution in [3.63, 3.8) is 0 Å². The SMILES string of the molecule is CC(C)(C)C[C@H](C=O)NC(=O)OC(C)(C)C. The first-order valence-corrected chi connectivity index (χ1v) is 5.48. The molecule has 0 radical (unpaired) electrons. The number of carbonyl (C=O) groups excluding carboxylic acids is 2. The maximum Gasteiger partial charge on any atom is 0.408 e. The van der Waals surface area contributed by atoms with Gasteiger partial charge in [-0.2, -0.15) is 0 Å². The number of rotatable bonds is 3. The monoisotopic (exact) mass is 229 g/mol. The fourth-order valence-electron chi connectivity index (χ4n) is 1.25. The second kappa shape index (κ2) is 5.32. The van der Waals surface area contributed by atoms with E-state index in [4.69, 9.17) is 4.74 Å². The van der Waals surface area contributed by atoms with E-state index in [1.807, 2.05) is 20.8 Å². The van der Waals surface area contributed by atoms with Gasteiger partial charge < -0.3 is 14.8 Å². The van der Waals surface area contributed by atoms with Crippen molar-refractivity contribution in [2.75, 3.05) is 0 Å². The Bertz CT molecular complexity index is 248. The van der Waals surface area contributed by atoms with Crippen LogP contribution in [0.3, 0.4) is 0 Å². The molecule has 0 rings (SSSR count). The lowest BCUT2D eigenvalue weighted by Crippen LogP contribution is -2.41. The van der Waals surface area contributed by atoms with Crippen molar-refractivity contribution >= 4 is 12.4 Å². The number of carbonyl (C=O) groups is 2. The molecule has 0 aromatic rings. The zero-order valence-electron chi connectivity index (χ0n) is 11.1. The van der Waals surface area contributed by atoms with Crippen LogP contribution in [-0.4, -0.2) is 24.0 Å². The average molecular weight is 229 g/mol. The van der Waals surface area contributed by atoms with Crippen LogP contribution >= 0.6 is 0 Å². The van der Waals surface area contributed by atoms with Gasteiger partial charge in [0.1, 0.15) is 11.9 Å². The summed E-state index contributed by atoms with van der Waals surface area (Å²) in [6.07, 6.45) is 0.791. The molecule has 0 aliphatic rings. The topological polar surface area (TPSA) is 55.4 Å². The Kier molecular flexibility index (Phi) is 4.97. The molecule has 0 saturated carbocycles. The van der Waals surface area contributed by atoms with Crippen LogP contribution in [0.2, 0.25) is 0 Å². The molecule has 0 aromatic carbocycles. The van der Waals surface area contributed by atoms with Gasteiger partial charge in [0, 0.05) is 0 Å². The largest absolute Gasteiger partial charge is 0.444 e. The molecule has 1 N–H and O–H groups in total. The van der Waals surface area contributed by atoms with Crippen LogP contribution in [0, 0.1) is 5.41 Å². The van der Waals surface area contributed by atoms with Crippen LogP contribution in [0.5, 0.6) is 0 Å². The quantitative estimate of drug-likeness (QED) is 0.756. The highest BCUT2D eigenvalue weighted by Gasteiger charge is 2.22. The molecular weight excluding hydrogens is 206 g/mol. The first-order chi connectivity index (χ1) is 7.03. The van der Waals surface area contributed by atoms with Gasteiger partial charge in [-0.05, 0) is 32.6 Å². The van der Waals surface area contributed by atoms with Crippen molar-refractivity contribution < 1.29 is 14.3 Å². The van der Waals surface area contributed by atoms with Gasteiger partial charge in [-0.15, -0.1) is 0 Å². The van der Waals surface area contributed by atoms with Crippen LogP contribution < -0.4 is 5.32 Å². The van der Waals surface area contributed by atoms with Gasteiger partial charge in [-0.25, -0.2) is 4.79 Å². The van der Waals surface area contributed by atoms with Gasteiger partial charge in [0.2, 0.25) is 0 Å². The molecule has 0 saturated heterocycles. The lowest BCUT2D eigenvalue weighted by Gasteiger charge is -2.25. The number of aldehydes is 1. The van der Waals surface area contributed by atoms with Gasteiger partial charge in [-0.1, -0.05) is 20.8 Å². The van der Waals surface area contributed by atoms with Crippen molar-refractivity contribution in [1.82, 2.24) is 5.32 Å². The summed E-state index contributed by atoms with van der Waals surface area (Å²) in [5.41, 5.74) is -0.556. The summed E-state index contributed by atoms with van der Waals surface area (Å²) in [6.45, 7) is 11.4. The summed E-state index contributed by atoms with van der Waals surface area (Å²) in [7, 11) is 0. The van der Waals surface area contributed by atoms with Gasteiger partial charge in [0.25, 0.3) is 0 Å². The van der Waals surface area contributed by atoms with E-state index in [-0.39, 0.29) is 5.41 Å². The Morgan fingerprint density at radius 3 is 2.06 bits per heavy atom. The molecule has 4 nitrogen and oxygen atoms in total. The smallest absolute Gasteiger partial charge is 0.408 e. The maximum atomic E-state index is 11.4. The van der Waals surface area contributed by atoms with E-state index >= 15 is 0 Å². The highest BCUT2D eigenvalue weighted by molar-refractivity contribution is 5.73. The van der Waals surface area contributed by atoms with Crippen molar-refractivity contribution in [1.29, 1.82) is 0 Å². The maximum absolute atomic E-state index is 11.4. The molecule has 0 unspecified atom stereocenters. The standard InChI is InChI=1S/C12H23NO3/c1-11(2,3)7-9(8-14)13-10(15)16-12(4,5)6/h8-9H,7H2,1-6H3,(H,13,15)/t9-/m1/s1. The normalized spacial score (nSPS) is 14.1. The van der Waals surface area contributed by atoms with Crippen molar-refractivity contribution in [3.05, 3.63) is 0 Å². The van der Waals surface area contributed by atoms with Crippen molar-refractivity contribution in [3.8, 4) is 0 Å². The molecule has 16 heavy (non-hydrogen) atoms. The molecule has 0 aromatic heterocycles. The summed E-state index contributed by atoms with van der Waals surface area (Å²) < 4.78 is 5.08. The fourth-order valence-corrected chi connectivity index (χ4v) is 1.25. The average Bonchev–Trinajstić information content (AvgIpc) is 1.96. The van der Waals surface area contributed by atoms with E-state index in [0.29, 0.717) is 6.42 Å². The number of alkyl carbamates (subject to hydrolysis) is 1. The van der Waals surface area contributed by atoms with Crippen LogP contribution in [0.25, 0.3) is 0 Å². The molecular formula is C12H23NO3. The first kappa shape index (κ1) is 14.9. The minimum absolute atomic E-state index is 0.0133. The highest BCUT2D eigenvalue weighted by atomic mass is 16.6. The Labute approximate surface area is 97.7 Å². The molecule has 0 aliphatic heterocycles. The molecule has 0 spiro atoms. The minimum atomic E-state index is -0.547. The number of hydrogen-bond donors (Lipinski definition) is 1. The zero-order valence-corrected chi connectivity index (χ0v) is 11.1. The Morgan fingerprint density at radius 2 is 1.75 bits per heavy atom. The first-order valence-electron chi connectivity index (χ1n) is 5.48. The molecule has 0 fully saturated rings. The predicted octanol–water partition coefficient (Wildman–Crippen LogP) is 2.51.